The van der Waals surface area contributed by atoms with E-state index in [-0.39, 0.29) is 5.91 Å². The lowest BCUT2D eigenvalue weighted by Crippen LogP contribution is -2.31. The summed E-state index contributed by atoms with van der Waals surface area (Å²) < 4.78 is 10.5. The van der Waals surface area contributed by atoms with E-state index in [1.54, 1.807) is 31.4 Å². The van der Waals surface area contributed by atoms with E-state index in [0.29, 0.717) is 25.2 Å². The monoisotopic (exact) mass is 288 g/mol. The Morgan fingerprint density at radius 1 is 1.14 bits per heavy atom. The van der Waals surface area contributed by atoms with Crippen molar-refractivity contribution in [2.24, 2.45) is 0 Å². The van der Waals surface area contributed by atoms with E-state index in [9.17, 15) is 4.79 Å². The molecular weight excluding hydrogens is 268 g/mol. The number of rotatable bonds is 7. The van der Waals surface area contributed by atoms with Crippen molar-refractivity contribution in [1.82, 2.24) is 10.6 Å². The van der Waals surface area contributed by atoms with Crippen molar-refractivity contribution in [3.63, 3.8) is 0 Å². The zero-order valence-corrected chi connectivity index (χ0v) is 12.3. The smallest absolute Gasteiger partial charge is 0.251 e. The van der Waals surface area contributed by atoms with E-state index in [4.69, 9.17) is 9.15 Å². The number of nitrogens with one attached hydrogen (secondary N) is 2. The number of hydrogen-bond donors (Lipinski definition) is 2. The molecule has 112 valence electrons. The highest BCUT2D eigenvalue weighted by molar-refractivity contribution is 5.94. The number of aryl methyl sites for hydroxylation is 1. The van der Waals surface area contributed by atoms with Gasteiger partial charge >= 0.3 is 0 Å². The minimum atomic E-state index is -0.0895. The molecule has 0 aliphatic heterocycles. The van der Waals surface area contributed by atoms with Crippen LogP contribution in [0.4, 0.5) is 0 Å². The summed E-state index contributed by atoms with van der Waals surface area (Å²) in [5.41, 5.74) is 0.623. The SMILES string of the molecule is COc1ccc(C(=O)NCCNCc2ccc(C)o2)cc1. The molecule has 0 saturated carbocycles. The first-order chi connectivity index (χ1) is 10.2. The highest BCUT2D eigenvalue weighted by atomic mass is 16.5. The van der Waals surface area contributed by atoms with Crippen LogP contribution in [0.3, 0.4) is 0 Å². The van der Waals surface area contributed by atoms with Crippen LogP contribution in [0.1, 0.15) is 21.9 Å². The van der Waals surface area contributed by atoms with Crippen LogP contribution in [-0.4, -0.2) is 26.1 Å². The second-order valence-corrected chi connectivity index (χ2v) is 4.67. The molecule has 21 heavy (non-hydrogen) atoms. The van der Waals surface area contributed by atoms with Gasteiger partial charge in [-0.2, -0.15) is 0 Å². The van der Waals surface area contributed by atoms with Gasteiger partial charge < -0.3 is 19.8 Å². The van der Waals surface area contributed by atoms with Crippen LogP contribution in [-0.2, 0) is 6.54 Å². The van der Waals surface area contributed by atoms with Gasteiger partial charge in [0.1, 0.15) is 17.3 Å². The third kappa shape index (κ3) is 4.65. The number of carbonyl (C=O) groups is 1. The summed E-state index contributed by atoms with van der Waals surface area (Å²) >= 11 is 0. The summed E-state index contributed by atoms with van der Waals surface area (Å²) in [6.07, 6.45) is 0. The van der Waals surface area contributed by atoms with Crippen LogP contribution < -0.4 is 15.4 Å². The quantitative estimate of drug-likeness (QED) is 0.766. The van der Waals surface area contributed by atoms with Gasteiger partial charge in [0.25, 0.3) is 5.91 Å². The average molecular weight is 288 g/mol. The van der Waals surface area contributed by atoms with Gasteiger partial charge in [0, 0.05) is 18.7 Å². The standard InChI is InChI=1S/C16H20N2O3/c1-12-3-6-15(21-12)11-17-9-10-18-16(19)13-4-7-14(20-2)8-5-13/h3-8,17H,9-11H2,1-2H3,(H,18,19). The van der Waals surface area contributed by atoms with Crippen molar-refractivity contribution in [2.45, 2.75) is 13.5 Å². The van der Waals surface area contributed by atoms with Gasteiger partial charge in [-0.1, -0.05) is 0 Å². The number of ether oxygens (including phenoxy) is 1. The van der Waals surface area contributed by atoms with Crippen molar-refractivity contribution < 1.29 is 13.9 Å². The van der Waals surface area contributed by atoms with Gasteiger partial charge in [0.15, 0.2) is 0 Å². The Bertz CT molecular complexity index is 575. The second kappa shape index (κ2) is 7.50. The highest BCUT2D eigenvalue weighted by Crippen LogP contribution is 2.10. The second-order valence-electron chi connectivity index (χ2n) is 4.67. The van der Waals surface area contributed by atoms with Crippen LogP contribution in [0.2, 0.25) is 0 Å². The van der Waals surface area contributed by atoms with E-state index in [1.165, 1.54) is 0 Å². The maximum absolute atomic E-state index is 11.9. The van der Waals surface area contributed by atoms with Gasteiger partial charge in [0.2, 0.25) is 0 Å². The third-order valence-electron chi connectivity index (χ3n) is 3.03. The molecule has 0 aliphatic rings. The molecule has 1 aromatic carbocycles. The molecule has 1 heterocycles. The van der Waals surface area contributed by atoms with Crippen LogP contribution in [0, 0.1) is 6.92 Å². The predicted molar refractivity (Wildman–Crippen MR) is 80.5 cm³/mol. The molecule has 0 spiro atoms. The van der Waals surface area contributed by atoms with Crippen LogP contribution in [0.15, 0.2) is 40.8 Å². The summed E-state index contributed by atoms with van der Waals surface area (Å²) in [7, 11) is 1.60. The minimum Gasteiger partial charge on any atom is -0.497 e. The van der Waals surface area contributed by atoms with Crippen LogP contribution in [0.25, 0.3) is 0 Å². The lowest BCUT2D eigenvalue weighted by molar-refractivity contribution is 0.0954. The molecule has 0 aliphatic carbocycles. The summed E-state index contributed by atoms with van der Waals surface area (Å²) in [6.45, 7) is 3.82. The molecule has 1 aromatic heterocycles. The largest absolute Gasteiger partial charge is 0.497 e. The summed E-state index contributed by atoms with van der Waals surface area (Å²) in [5, 5.41) is 6.07. The number of benzene rings is 1. The first-order valence-corrected chi connectivity index (χ1v) is 6.87. The topological polar surface area (TPSA) is 63.5 Å². The zero-order valence-electron chi connectivity index (χ0n) is 12.3. The molecule has 0 fully saturated rings. The number of carbonyl (C=O) groups excluding carboxylic acids is 1. The summed E-state index contributed by atoms with van der Waals surface area (Å²) in [4.78, 5) is 11.9. The maximum Gasteiger partial charge on any atom is 0.251 e. The Labute approximate surface area is 124 Å². The first kappa shape index (κ1) is 15.1. The van der Waals surface area contributed by atoms with Gasteiger partial charge in [-0.15, -0.1) is 0 Å². The Morgan fingerprint density at radius 2 is 1.90 bits per heavy atom. The molecule has 1 amide bonds. The van der Waals surface area contributed by atoms with E-state index in [1.807, 2.05) is 19.1 Å². The fourth-order valence-electron chi connectivity index (χ4n) is 1.90. The highest BCUT2D eigenvalue weighted by Gasteiger charge is 2.04. The lowest BCUT2D eigenvalue weighted by Gasteiger charge is -2.06. The molecule has 2 aromatic rings. The van der Waals surface area contributed by atoms with Crippen LogP contribution >= 0.6 is 0 Å². The van der Waals surface area contributed by atoms with Gasteiger partial charge in [-0.3, -0.25) is 4.79 Å². The Hall–Kier alpha value is -2.27. The Kier molecular flexibility index (Phi) is 5.40. The van der Waals surface area contributed by atoms with Crippen LogP contribution in [0.5, 0.6) is 5.75 Å². The van der Waals surface area contributed by atoms with Crippen molar-refractivity contribution in [2.75, 3.05) is 20.2 Å². The van der Waals surface area contributed by atoms with Crippen molar-refractivity contribution >= 4 is 5.91 Å². The molecular formula is C16H20N2O3. The van der Waals surface area contributed by atoms with Crippen molar-refractivity contribution in [3.05, 3.63) is 53.5 Å². The van der Waals surface area contributed by atoms with E-state index in [0.717, 1.165) is 17.3 Å². The average Bonchev–Trinajstić information content (AvgIpc) is 2.92. The molecule has 0 saturated heterocycles. The van der Waals surface area contributed by atoms with E-state index < -0.39 is 0 Å². The molecule has 2 N–H and O–H groups in total. The number of furan rings is 1. The van der Waals surface area contributed by atoms with Gasteiger partial charge in [-0.25, -0.2) is 0 Å². The molecule has 5 nitrogen and oxygen atoms in total. The van der Waals surface area contributed by atoms with E-state index in [2.05, 4.69) is 10.6 Å². The molecule has 0 atom stereocenters. The predicted octanol–water partition coefficient (Wildman–Crippen LogP) is 2.12. The minimum absolute atomic E-state index is 0.0895. The maximum atomic E-state index is 11.9. The Morgan fingerprint density at radius 3 is 2.52 bits per heavy atom. The number of amides is 1. The van der Waals surface area contributed by atoms with Crippen molar-refractivity contribution in [3.8, 4) is 5.75 Å². The zero-order chi connectivity index (χ0) is 15.1. The normalized spacial score (nSPS) is 10.4. The third-order valence-corrected chi connectivity index (χ3v) is 3.03. The first-order valence-electron chi connectivity index (χ1n) is 6.87. The lowest BCUT2D eigenvalue weighted by atomic mass is 10.2. The molecule has 0 unspecified atom stereocenters. The fourth-order valence-corrected chi connectivity index (χ4v) is 1.90. The molecule has 2 rings (SSSR count). The number of methoxy groups -OCH3 is 1. The number of hydrogen-bond acceptors (Lipinski definition) is 4. The molecule has 5 heteroatoms. The summed E-state index contributed by atoms with van der Waals surface area (Å²) in [6, 6.07) is 10.9. The van der Waals surface area contributed by atoms with Gasteiger partial charge in [0.05, 0.1) is 13.7 Å². The van der Waals surface area contributed by atoms with E-state index >= 15 is 0 Å². The molecule has 0 radical (unpaired) electrons. The Balaban J connectivity index is 1.66. The summed E-state index contributed by atoms with van der Waals surface area (Å²) in [5.74, 6) is 2.45. The fraction of sp³-hybridized carbons (Fsp3) is 0.312. The molecule has 0 bridgehead atoms. The van der Waals surface area contributed by atoms with Gasteiger partial charge in [-0.05, 0) is 43.3 Å². The van der Waals surface area contributed by atoms with Crippen molar-refractivity contribution in [1.29, 1.82) is 0 Å².